The van der Waals surface area contributed by atoms with Crippen LogP contribution in [0.2, 0.25) is 0 Å². The van der Waals surface area contributed by atoms with Crippen LogP contribution in [0, 0.1) is 29.1 Å². The zero-order valence-corrected chi connectivity index (χ0v) is 12.0. The largest absolute Gasteiger partial charge is 0.481 e. The standard InChI is InChI=1S/C15H21NO4/c1-4-12(15(2,3)11-16)20-14(19)10-8-6-5-7-9-13(17)18/h1,12H,5-10H2,2-3H3,(H,17,18). The predicted octanol–water partition coefficient (Wildman–Crippen LogP) is 2.51. The smallest absolute Gasteiger partial charge is 0.307 e. The summed E-state index contributed by atoms with van der Waals surface area (Å²) in [6, 6.07) is 2.02. The molecule has 0 aromatic rings. The van der Waals surface area contributed by atoms with Crippen LogP contribution in [-0.2, 0) is 14.3 Å². The molecule has 5 heteroatoms. The maximum absolute atomic E-state index is 11.6. The highest BCUT2D eigenvalue weighted by Crippen LogP contribution is 2.22. The van der Waals surface area contributed by atoms with Gasteiger partial charge in [0.2, 0.25) is 0 Å². The minimum atomic E-state index is -0.911. The average Bonchev–Trinajstić information content (AvgIpc) is 2.39. The monoisotopic (exact) mass is 279 g/mol. The molecule has 110 valence electrons. The van der Waals surface area contributed by atoms with Crippen molar-refractivity contribution in [3.63, 3.8) is 0 Å². The molecule has 0 rings (SSSR count). The molecule has 0 aliphatic rings. The maximum atomic E-state index is 11.6. The number of carbonyl (C=O) groups is 2. The van der Waals surface area contributed by atoms with Gasteiger partial charge in [-0.05, 0) is 26.7 Å². The molecule has 0 fully saturated rings. The van der Waals surface area contributed by atoms with Crippen LogP contribution in [0.1, 0.15) is 52.4 Å². The van der Waals surface area contributed by atoms with Gasteiger partial charge in [-0.3, -0.25) is 9.59 Å². The molecule has 5 nitrogen and oxygen atoms in total. The fourth-order valence-electron chi connectivity index (χ4n) is 1.54. The summed E-state index contributed by atoms with van der Waals surface area (Å²) in [5.74, 6) is 1.09. The third kappa shape index (κ3) is 7.43. The summed E-state index contributed by atoms with van der Waals surface area (Å²) < 4.78 is 5.11. The molecule has 20 heavy (non-hydrogen) atoms. The zero-order valence-electron chi connectivity index (χ0n) is 12.0. The van der Waals surface area contributed by atoms with E-state index in [0.29, 0.717) is 12.8 Å². The SMILES string of the molecule is C#CC(OC(=O)CCCCCCC(=O)O)C(C)(C)C#N. The van der Waals surface area contributed by atoms with Gasteiger partial charge in [0.05, 0.1) is 6.07 Å². The number of nitrogens with zero attached hydrogens (tertiary/aromatic N) is 1. The van der Waals surface area contributed by atoms with E-state index in [1.165, 1.54) is 0 Å². The van der Waals surface area contributed by atoms with E-state index < -0.39 is 23.5 Å². The topological polar surface area (TPSA) is 87.4 Å². The quantitative estimate of drug-likeness (QED) is 0.398. The molecule has 1 unspecified atom stereocenters. The molecule has 0 aromatic heterocycles. The first-order valence-electron chi connectivity index (χ1n) is 6.62. The average molecular weight is 279 g/mol. The van der Waals surface area contributed by atoms with Gasteiger partial charge < -0.3 is 9.84 Å². The summed E-state index contributed by atoms with van der Waals surface area (Å²) in [7, 11) is 0. The Hall–Kier alpha value is -2.01. The van der Waals surface area contributed by atoms with Gasteiger partial charge in [-0.15, -0.1) is 6.42 Å². The van der Waals surface area contributed by atoms with Crippen molar-refractivity contribution in [2.45, 2.75) is 58.5 Å². The fourth-order valence-corrected chi connectivity index (χ4v) is 1.54. The molecule has 0 amide bonds. The van der Waals surface area contributed by atoms with Crippen LogP contribution in [-0.4, -0.2) is 23.1 Å². The van der Waals surface area contributed by atoms with Gasteiger partial charge in [0, 0.05) is 12.8 Å². The second-order valence-electron chi connectivity index (χ2n) is 5.18. The van der Waals surface area contributed by atoms with Gasteiger partial charge in [0.25, 0.3) is 0 Å². The molecular formula is C15H21NO4. The number of carboxylic acid groups (broad SMARTS) is 1. The van der Waals surface area contributed by atoms with E-state index in [0.717, 1.165) is 12.8 Å². The van der Waals surface area contributed by atoms with E-state index in [4.69, 9.17) is 21.5 Å². The lowest BCUT2D eigenvalue weighted by molar-refractivity contribution is -0.149. The number of aliphatic carboxylic acids is 1. The summed E-state index contributed by atoms with van der Waals surface area (Å²) in [6.07, 6.45) is 7.57. The second-order valence-corrected chi connectivity index (χ2v) is 5.18. The Bertz CT molecular complexity index is 415. The van der Waals surface area contributed by atoms with Crippen LogP contribution in [0.5, 0.6) is 0 Å². The Morgan fingerprint density at radius 2 is 1.80 bits per heavy atom. The third-order valence-electron chi connectivity index (χ3n) is 2.87. The van der Waals surface area contributed by atoms with Gasteiger partial charge in [-0.2, -0.15) is 5.26 Å². The van der Waals surface area contributed by atoms with Crippen LogP contribution in [0.3, 0.4) is 0 Å². The van der Waals surface area contributed by atoms with Crippen molar-refractivity contribution in [3.05, 3.63) is 0 Å². The molecule has 0 aromatic carbocycles. The highest BCUT2D eigenvalue weighted by atomic mass is 16.5. The minimum Gasteiger partial charge on any atom is -0.481 e. The highest BCUT2D eigenvalue weighted by molar-refractivity contribution is 5.70. The van der Waals surface area contributed by atoms with Gasteiger partial charge in [0.1, 0.15) is 5.41 Å². The van der Waals surface area contributed by atoms with E-state index in [9.17, 15) is 9.59 Å². The Labute approximate surface area is 119 Å². The number of terminal acetylenes is 1. The number of hydrogen-bond acceptors (Lipinski definition) is 4. The Morgan fingerprint density at radius 1 is 1.25 bits per heavy atom. The van der Waals surface area contributed by atoms with Crippen molar-refractivity contribution in [3.8, 4) is 18.4 Å². The molecular weight excluding hydrogens is 258 g/mol. The second kappa shape index (κ2) is 8.98. The Balaban J connectivity index is 3.92. The Morgan fingerprint density at radius 3 is 2.25 bits per heavy atom. The van der Waals surface area contributed by atoms with E-state index in [2.05, 4.69) is 5.92 Å². The van der Waals surface area contributed by atoms with Crippen LogP contribution < -0.4 is 0 Å². The normalized spacial score (nSPS) is 12.0. The van der Waals surface area contributed by atoms with Crippen molar-refractivity contribution < 1.29 is 19.4 Å². The predicted molar refractivity (Wildman–Crippen MR) is 73.4 cm³/mol. The zero-order chi connectivity index (χ0) is 15.6. The fraction of sp³-hybridized carbons (Fsp3) is 0.667. The van der Waals surface area contributed by atoms with Crippen molar-refractivity contribution in [1.82, 2.24) is 0 Å². The molecule has 0 aliphatic heterocycles. The summed E-state index contributed by atoms with van der Waals surface area (Å²) in [5.41, 5.74) is -0.911. The third-order valence-corrected chi connectivity index (χ3v) is 2.87. The first kappa shape index (κ1) is 18.0. The lowest BCUT2D eigenvalue weighted by atomic mass is 9.89. The van der Waals surface area contributed by atoms with Crippen LogP contribution >= 0.6 is 0 Å². The van der Waals surface area contributed by atoms with E-state index in [1.54, 1.807) is 13.8 Å². The number of rotatable bonds is 9. The number of nitriles is 1. The summed E-state index contributed by atoms with van der Waals surface area (Å²) >= 11 is 0. The molecule has 0 heterocycles. The highest BCUT2D eigenvalue weighted by Gasteiger charge is 2.31. The minimum absolute atomic E-state index is 0.153. The molecule has 0 saturated carbocycles. The number of esters is 1. The van der Waals surface area contributed by atoms with Crippen molar-refractivity contribution >= 4 is 11.9 Å². The first-order valence-corrected chi connectivity index (χ1v) is 6.62. The van der Waals surface area contributed by atoms with Gasteiger partial charge in [-0.1, -0.05) is 18.8 Å². The molecule has 1 N–H and O–H groups in total. The Kier molecular flexibility index (Phi) is 8.08. The van der Waals surface area contributed by atoms with Gasteiger partial charge in [-0.25, -0.2) is 0 Å². The molecule has 0 radical (unpaired) electrons. The number of carboxylic acids is 1. The number of unbranched alkanes of at least 4 members (excludes halogenated alkanes) is 3. The first-order chi connectivity index (χ1) is 9.33. The molecule has 0 bridgehead atoms. The van der Waals surface area contributed by atoms with Gasteiger partial charge in [0.15, 0.2) is 6.10 Å². The van der Waals surface area contributed by atoms with Crippen LogP contribution in [0.15, 0.2) is 0 Å². The van der Waals surface area contributed by atoms with E-state index in [1.807, 2.05) is 6.07 Å². The van der Waals surface area contributed by atoms with Gasteiger partial charge >= 0.3 is 11.9 Å². The summed E-state index contributed by atoms with van der Waals surface area (Å²) in [4.78, 5) is 21.9. The van der Waals surface area contributed by atoms with E-state index in [-0.39, 0.29) is 12.8 Å². The lowest BCUT2D eigenvalue weighted by Crippen LogP contribution is -2.31. The summed E-state index contributed by atoms with van der Waals surface area (Å²) in [5, 5.41) is 17.4. The number of hydrogen-bond donors (Lipinski definition) is 1. The van der Waals surface area contributed by atoms with Crippen molar-refractivity contribution in [2.75, 3.05) is 0 Å². The van der Waals surface area contributed by atoms with Crippen molar-refractivity contribution in [2.24, 2.45) is 5.41 Å². The molecule has 1 atom stereocenters. The van der Waals surface area contributed by atoms with E-state index >= 15 is 0 Å². The molecule has 0 aliphatic carbocycles. The van der Waals surface area contributed by atoms with Crippen LogP contribution in [0.4, 0.5) is 0 Å². The van der Waals surface area contributed by atoms with Crippen molar-refractivity contribution in [1.29, 1.82) is 5.26 Å². The summed E-state index contributed by atoms with van der Waals surface area (Å²) in [6.45, 7) is 3.24. The van der Waals surface area contributed by atoms with Crippen LogP contribution in [0.25, 0.3) is 0 Å². The number of ether oxygens (including phenoxy) is 1. The number of carbonyl (C=O) groups excluding carboxylic acids is 1. The maximum Gasteiger partial charge on any atom is 0.307 e. The molecule has 0 spiro atoms. The lowest BCUT2D eigenvalue weighted by Gasteiger charge is -2.23. The molecule has 0 saturated heterocycles.